The average Bonchev–Trinajstić information content (AvgIpc) is 2.05. The number of nitrogens with zero attached hydrogens (tertiary/aromatic N) is 2. The van der Waals surface area contributed by atoms with E-state index in [1.165, 1.54) is 6.20 Å². The van der Waals surface area contributed by atoms with E-state index in [9.17, 15) is 0 Å². The summed E-state index contributed by atoms with van der Waals surface area (Å²) in [4.78, 5) is 3.92. The van der Waals surface area contributed by atoms with Crippen molar-refractivity contribution in [2.45, 2.75) is 6.42 Å². The van der Waals surface area contributed by atoms with E-state index in [-0.39, 0.29) is 0 Å². The third-order valence-electron chi connectivity index (χ3n) is 1.16. The van der Waals surface area contributed by atoms with Crippen LogP contribution < -0.4 is 0 Å². The predicted molar refractivity (Wildman–Crippen MR) is 37.0 cm³/mol. The van der Waals surface area contributed by atoms with Crippen LogP contribution in [0.4, 0.5) is 0 Å². The summed E-state index contributed by atoms with van der Waals surface area (Å²) >= 11 is 0. The first-order valence-electron chi connectivity index (χ1n) is 2.92. The van der Waals surface area contributed by atoms with Gasteiger partial charge in [-0.1, -0.05) is 0 Å². The van der Waals surface area contributed by atoms with Gasteiger partial charge in [0.05, 0.1) is 5.56 Å². The number of hydrogen-bond acceptors (Lipinski definition) is 2. The third kappa shape index (κ3) is 1.32. The van der Waals surface area contributed by atoms with Crippen LogP contribution in [0, 0.1) is 18.3 Å². The van der Waals surface area contributed by atoms with Gasteiger partial charge in [-0.05, 0) is 25.5 Å². The summed E-state index contributed by atoms with van der Waals surface area (Å²) in [5.41, 5.74) is 1.37. The summed E-state index contributed by atoms with van der Waals surface area (Å²) in [5.74, 6) is 0. The van der Waals surface area contributed by atoms with Gasteiger partial charge in [-0.2, -0.15) is 5.26 Å². The quantitative estimate of drug-likeness (QED) is 0.572. The van der Waals surface area contributed by atoms with Crippen molar-refractivity contribution < 1.29 is 0 Å². The SMILES string of the molecule is [CH]Cc1ccc(C#N)cn1. The van der Waals surface area contributed by atoms with Gasteiger partial charge in [-0.3, -0.25) is 4.98 Å². The zero-order valence-corrected chi connectivity index (χ0v) is 5.41. The molecule has 0 unspecified atom stereocenters. The second kappa shape index (κ2) is 2.98. The summed E-state index contributed by atoms with van der Waals surface area (Å²) in [5, 5.41) is 8.38. The largest absolute Gasteiger partial charge is 0.260 e. The minimum absolute atomic E-state index is 0.422. The lowest BCUT2D eigenvalue weighted by atomic mass is 10.2. The summed E-state index contributed by atoms with van der Waals surface area (Å²) in [6, 6.07) is 5.43. The van der Waals surface area contributed by atoms with Crippen molar-refractivity contribution >= 4 is 0 Å². The molecule has 0 aromatic carbocycles. The highest BCUT2D eigenvalue weighted by molar-refractivity contribution is 5.26. The summed E-state index contributed by atoms with van der Waals surface area (Å²) < 4.78 is 0. The van der Waals surface area contributed by atoms with Gasteiger partial charge < -0.3 is 0 Å². The Morgan fingerprint density at radius 3 is 2.80 bits per heavy atom. The fraction of sp³-hybridized carbons (Fsp3) is 0.125. The number of nitriles is 1. The summed E-state index contributed by atoms with van der Waals surface area (Å²) in [6.45, 7) is 5.30. The van der Waals surface area contributed by atoms with Gasteiger partial charge in [0.1, 0.15) is 6.07 Å². The van der Waals surface area contributed by atoms with Gasteiger partial charge in [-0.25, -0.2) is 0 Å². The molecule has 0 aliphatic carbocycles. The first-order chi connectivity index (χ1) is 4.86. The second-order valence-corrected chi connectivity index (χ2v) is 1.85. The molecule has 2 heteroatoms. The van der Waals surface area contributed by atoms with E-state index in [2.05, 4.69) is 4.98 Å². The standard InChI is InChI=1S/C8H6N2/c1-2-8-4-3-7(5-9)6-10-8/h1,3-4,6H,2H2. The lowest BCUT2D eigenvalue weighted by Crippen LogP contribution is -1.85. The maximum absolute atomic E-state index is 8.38. The Bertz CT molecular complexity index is 243. The normalized spacial score (nSPS) is 8.80. The second-order valence-electron chi connectivity index (χ2n) is 1.85. The van der Waals surface area contributed by atoms with E-state index in [0.29, 0.717) is 12.0 Å². The van der Waals surface area contributed by atoms with Crippen LogP contribution in [0.3, 0.4) is 0 Å². The molecular formula is C8H6N2. The molecule has 1 heterocycles. The highest BCUT2D eigenvalue weighted by atomic mass is 14.7. The topological polar surface area (TPSA) is 36.7 Å². The molecule has 0 N–H and O–H groups in total. The van der Waals surface area contributed by atoms with Gasteiger partial charge in [0.15, 0.2) is 0 Å². The minimum Gasteiger partial charge on any atom is -0.260 e. The van der Waals surface area contributed by atoms with Crippen LogP contribution in [0.1, 0.15) is 11.3 Å². The van der Waals surface area contributed by atoms with Crippen LogP contribution in [0.5, 0.6) is 0 Å². The molecule has 2 radical (unpaired) electrons. The lowest BCUT2D eigenvalue weighted by molar-refractivity contribution is 1.10. The maximum atomic E-state index is 8.38. The van der Waals surface area contributed by atoms with E-state index >= 15 is 0 Å². The average molecular weight is 130 g/mol. The van der Waals surface area contributed by atoms with Gasteiger partial charge in [0.25, 0.3) is 0 Å². The van der Waals surface area contributed by atoms with Crippen molar-refractivity contribution in [2.75, 3.05) is 0 Å². The molecule has 0 aliphatic rings. The molecule has 0 fully saturated rings. The highest BCUT2D eigenvalue weighted by Gasteiger charge is 1.90. The Balaban J connectivity index is 2.93. The van der Waals surface area contributed by atoms with E-state index in [0.717, 1.165) is 5.69 Å². The Morgan fingerprint density at radius 2 is 2.40 bits per heavy atom. The monoisotopic (exact) mass is 130 g/mol. The highest BCUT2D eigenvalue weighted by Crippen LogP contribution is 1.97. The van der Waals surface area contributed by atoms with Gasteiger partial charge in [0, 0.05) is 11.9 Å². The predicted octanol–water partition coefficient (Wildman–Crippen LogP) is 1.21. The fourth-order valence-corrected chi connectivity index (χ4v) is 0.611. The number of rotatable bonds is 1. The van der Waals surface area contributed by atoms with Crippen molar-refractivity contribution in [3.05, 3.63) is 36.5 Å². The first-order valence-corrected chi connectivity index (χ1v) is 2.92. The van der Waals surface area contributed by atoms with Crippen molar-refractivity contribution in [1.29, 1.82) is 5.26 Å². The molecule has 1 aromatic rings. The smallest absolute Gasteiger partial charge is 0.101 e. The summed E-state index contributed by atoms with van der Waals surface area (Å²) in [7, 11) is 0. The molecule has 0 saturated heterocycles. The first kappa shape index (κ1) is 6.76. The van der Waals surface area contributed by atoms with Gasteiger partial charge >= 0.3 is 0 Å². The molecule has 48 valence electrons. The van der Waals surface area contributed by atoms with Crippen LogP contribution in [0.15, 0.2) is 18.3 Å². The van der Waals surface area contributed by atoms with Crippen LogP contribution >= 0.6 is 0 Å². The molecule has 0 amide bonds. The van der Waals surface area contributed by atoms with Crippen molar-refractivity contribution in [2.24, 2.45) is 0 Å². The molecule has 0 spiro atoms. The third-order valence-corrected chi connectivity index (χ3v) is 1.16. The number of aromatic nitrogens is 1. The van der Waals surface area contributed by atoms with Crippen LogP contribution in [0.25, 0.3) is 0 Å². The van der Waals surface area contributed by atoms with Crippen molar-refractivity contribution in [3.63, 3.8) is 0 Å². The van der Waals surface area contributed by atoms with E-state index in [1.54, 1.807) is 12.1 Å². The molecular weight excluding hydrogens is 124 g/mol. The van der Waals surface area contributed by atoms with E-state index in [4.69, 9.17) is 12.2 Å². The Labute approximate surface area is 60.1 Å². The molecule has 0 aliphatic heterocycles. The number of pyridine rings is 1. The van der Waals surface area contributed by atoms with Gasteiger partial charge in [-0.15, -0.1) is 0 Å². The van der Waals surface area contributed by atoms with Crippen LogP contribution in [0.2, 0.25) is 0 Å². The zero-order valence-electron chi connectivity index (χ0n) is 5.41. The minimum atomic E-state index is 0.422. The maximum Gasteiger partial charge on any atom is 0.101 e. The molecule has 0 saturated carbocycles. The van der Waals surface area contributed by atoms with Crippen molar-refractivity contribution in [3.8, 4) is 6.07 Å². The Hall–Kier alpha value is -1.36. The lowest BCUT2D eigenvalue weighted by Gasteiger charge is -1.91. The number of hydrogen-bond donors (Lipinski definition) is 0. The molecule has 0 bridgehead atoms. The van der Waals surface area contributed by atoms with E-state index < -0.39 is 0 Å². The Morgan fingerprint density at radius 1 is 1.60 bits per heavy atom. The zero-order chi connectivity index (χ0) is 7.40. The van der Waals surface area contributed by atoms with Crippen LogP contribution in [-0.2, 0) is 6.42 Å². The van der Waals surface area contributed by atoms with Crippen LogP contribution in [-0.4, -0.2) is 4.98 Å². The van der Waals surface area contributed by atoms with E-state index in [1.807, 2.05) is 6.07 Å². The fourth-order valence-electron chi connectivity index (χ4n) is 0.611. The molecule has 10 heavy (non-hydrogen) atoms. The molecule has 2 nitrogen and oxygen atoms in total. The summed E-state index contributed by atoms with van der Waals surface area (Å²) in [6.07, 6.45) is 1.94. The molecule has 1 rings (SSSR count). The molecule has 0 atom stereocenters. The van der Waals surface area contributed by atoms with Crippen molar-refractivity contribution in [1.82, 2.24) is 4.98 Å². The molecule has 1 aromatic heterocycles. The Kier molecular flexibility index (Phi) is 2.01. The van der Waals surface area contributed by atoms with Gasteiger partial charge in [0.2, 0.25) is 0 Å².